The van der Waals surface area contributed by atoms with Gasteiger partial charge in [-0.1, -0.05) is 43.0 Å². The summed E-state index contributed by atoms with van der Waals surface area (Å²) in [7, 11) is 1.98. The number of rotatable bonds is 5. The van der Waals surface area contributed by atoms with Crippen molar-refractivity contribution in [2.45, 2.75) is 64.1 Å². The minimum Gasteiger partial charge on any atom is -0.487 e. The highest BCUT2D eigenvalue weighted by molar-refractivity contribution is 6.32. The molecule has 1 aromatic heterocycles. The maximum atomic E-state index is 6.27. The molecule has 2 aromatic rings. The van der Waals surface area contributed by atoms with E-state index in [2.05, 4.69) is 20.4 Å². The number of hydrogen-bond acceptors (Lipinski definition) is 4. The van der Waals surface area contributed by atoms with Crippen LogP contribution in [0, 0.1) is 6.92 Å². The molecule has 162 valence electrons. The lowest BCUT2D eigenvalue weighted by Crippen LogP contribution is -2.46. The van der Waals surface area contributed by atoms with Gasteiger partial charge in [-0.3, -0.25) is 0 Å². The minimum atomic E-state index is 0.0975. The van der Waals surface area contributed by atoms with Crippen molar-refractivity contribution in [3.05, 3.63) is 40.9 Å². The van der Waals surface area contributed by atoms with E-state index < -0.39 is 0 Å². The number of benzene rings is 1. The molecule has 2 aliphatic rings. The van der Waals surface area contributed by atoms with Gasteiger partial charge >= 0.3 is 0 Å². The van der Waals surface area contributed by atoms with Crippen LogP contribution < -0.4 is 10.1 Å². The van der Waals surface area contributed by atoms with Gasteiger partial charge in [-0.15, -0.1) is 10.2 Å². The van der Waals surface area contributed by atoms with E-state index in [0.717, 1.165) is 42.9 Å². The third-order valence-corrected chi connectivity index (χ3v) is 6.38. The van der Waals surface area contributed by atoms with Gasteiger partial charge in [0.05, 0.1) is 11.6 Å². The Bertz CT molecular complexity index is 876. The first-order valence-corrected chi connectivity index (χ1v) is 11.3. The molecule has 1 aliphatic carbocycles. The summed E-state index contributed by atoms with van der Waals surface area (Å²) in [5, 5.41) is 12.8. The average molecular weight is 431 g/mol. The van der Waals surface area contributed by atoms with Crippen LogP contribution in [-0.2, 0) is 13.6 Å². The van der Waals surface area contributed by atoms with Gasteiger partial charge in [-0.2, -0.15) is 0 Å². The number of para-hydroxylation sites is 1. The Labute approximate surface area is 183 Å². The summed E-state index contributed by atoms with van der Waals surface area (Å²) < 4.78 is 8.17. The van der Waals surface area contributed by atoms with E-state index in [1.54, 1.807) is 0 Å². The molecular weight excluding hydrogens is 400 g/mol. The van der Waals surface area contributed by atoms with E-state index in [-0.39, 0.29) is 6.10 Å². The average Bonchev–Trinajstić information content (AvgIpc) is 3.35. The Balaban J connectivity index is 1.45. The van der Waals surface area contributed by atoms with Gasteiger partial charge < -0.3 is 19.5 Å². The number of nitrogens with one attached hydrogen (secondary N) is 1. The lowest BCUT2D eigenvalue weighted by atomic mass is 9.96. The topological polar surface area (TPSA) is 67.6 Å². The summed E-state index contributed by atoms with van der Waals surface area (Å²) in [6.45, 7) is 4.17. The molecule has 1 unspecified atom stereocenters. The van der Waals surface area contributed by atoms with Crippen LogP contribution >= 0.6 is 11.6 Å². The maximum Gasteiger partial charge on any atom is 0.194 e. The van der Waals surface area contributed by atoms with Crippen LogP contribution in [0.15, 0.2) is 29.3 Å². The molecule has 1 aromatic carbocycles. The highest BCUT2D eigenvalue weighted by Gasteiger charge is 2.28. The van der Waals surface area contributed by atoms with Crippen molar-refractivity contribution in [1.29, 1.82) is 0 Å². The second-order valence-electron chi connectivity index (χ2n) is 8.25. The lowest BCUT2D eigenvalue weighted by Gasteiger charge is -2.29. The van der Waals surface area contributed by atoms with Crippen LogP contribution in [0.5, 0.6) is 5.75 Å². The van der Waals surface area contributed by atoms with Crippen LogP contribution in [0.3, 0.4) is 0 Å². The number of aryl methyl sites for hydroxylation is 1. The predicted octanol–water partition coefficient (Wildman–Crippen LogP) is 3.71. The fourth-order valence-corrected chi connectivity index (χ4v) is 4.32. The molecule has 4 rings (SSSR count). The highest BCUT2D eigenvalue weighted by Crippen LogP contribution is 2.27. The van der Waals surface area contributed by atoms with Gasteiger partial charge in [-0.05, 0) is 31.9 Å². The first kappa shape index (κ1) is 21.0. The number of nitrogens with zero attached hydrogens (tertiary/aromatic N) is 5. The van der Waals surface area contributed by atoms with E-state index in [9.17, 15) is 0 Å². The quantitative estimate of drug-likeness (QED) is 0.578. The maximum absolute atomic E-state index is 6.27. The fourth-order valence-electron chi connectivity index (χ4n) is 4.14. The van der Waals surface area contributed by atoms with Gasteiger partial charge in [-0.25, -0.2) is 4.99 Å². The SMILES string of the molecule is Cc1nnc(CN=C(NC2CCCCC2)N2CCC(Oc3ccccc3Cl)C2)n1C. The molecule has 8 heteroatoms. The summed E-state index contributed by atoms with van der Waals surface area (Å²) in [5.74, 6) is 3.47. The van der Waals surface area contributed by atoms with Gasteiger partial charge in [0, 0.05) is 26.1 Å². The summed E-state index contributed by atoms with van der Waals surface area (Å²) in [4.78, 5) is 7.23. The van der Waals surface area contributed by atoms with E-state index in [1.807, 2.05) is 42.8 Å². The number of ether oxygens (including phenoxy) is 1. The van der Waals surface area contributed by atoms with Crippen LogP contribution in [0.1, 0.15) is 50.2 Å². The molecule has 7 nitrogen and oxygen atoms in total. The third kappa shape index (κ3) is 5.06. The monoisotopic (exact) mass is 430 g/mol. The van der Waals surface area contributed by atoms with Gasteiger partial charge in [0.25, 0.3) is 0 Å². The first-order valence-electron chi connectivity index (χ1n) is 10.9. The molecular formula is C22H31ClN6O. The van der Waals surface area contributed by atoms with Crippen molar-refractivity contribution in [2.75, 3.05) is 13.1 Å². The van der Waals surface area contributed by atoms with Crippen molar-refractivity contribution >= 4 is 17.6 Å². The number of aromatic nitrogens is 3. The molecule has 1 saturated heterocycles. The first-order chi connectivity index (χ1) is 14.6. The van der Waals surface area contributed by atoms with Crippen molar-refractivity contribution in [3.8, 4) is 5.75 Å². The molecule has 1 N–H and O–H groups in total. The summed E-state index contributed by atoms with van der Waals surface area (Å²) in [6.07, 6.45) is 7.35. The number of likely N-dealkylation sites (tertiary alicyclic amines) is 1. The number of aliphatic imine (C=N–C) groups is 1. The minimum absolute atomic E-state index is 0.0975. The lowest BCUT2D eigenvalue weighted by molar-refractivity contribution is 0.213. The van der Waals surface area contributed by atoms with E-state index in [4.69, 9.17) is 21.3 Å². The second-order valence-corrected chi connectivity index (χ2v) is 8.65. The van der Waals surface area contributed by atoms with E-state index in [0.29, 0.717) is 17.6 Å². The smallest absolute Gasteiger partial charge is 0.194 e. The van der Waals surface area contributed by atoms with Crippen molar-refractivity contribution < 1.29 is 4.74 Å². The third-order valence-electron chi connectivity index (χ3n) is 6.07. The molecule has 0 amide bonds. The van der Waals surface area contributed by atoms with Gasteiger partial charge in [0.2, 0.25) is 0 Å². The summed E-state index contributed by atoms with van der Waals surface area (Å²) >= 11 is 6.27. The molecule has 0 radical (unpaired) electrons. The molecule has 1 atom stereocenters. The Kier molecular flexibility index (Phi) is 6.77. The summed E-state index contributed by atoms with van der Waals surface area (Å²) in [6, 6.07) is 8.15. The van der Waals surface area contributed by atoms with Crippen LogP contribution in [0.4, 0.5) is 0 Å². The Morgan fingerprint density at radius 2 is 2.00 bits per heavy atom. The molecule has 1 aliphatic heterocycles. The molecule has 0 bridgehead atoms. The van der Waals surface area contributed by atoms with E-state index >= 15 is 0 Å². The standard InChI is InChI=1S/C22H31ClN6O/c1-16-26-27-21(28(16)2)14-24-22(25-17-8-4-3-5-9-17)29-13-12-18(15-29)30-20-11-7-6-10-19(20)23/h6-7,10-11,17-18H,3-5,8-9,12-15H2,1-2H3,(H,24,25). The molecule has 2 fully saturated rings. The van der Waals surface area contributed by atoms with Gasteiger partial charge in [0.15, 0.2) is 11.8 Å². The van der Waals surface area contributed by atoms with Gasteiger partial charge in [0.1, 0.15) is 24.2 Å². The molecule has 2 heterocycles. The molecule has 30 heavy (non-hydrogen) atoms. The Morgan fingerprint density at radius 3 is 2.73 bits per heavy atom. The Morgan fingerprint density at radius 1 is 1.20 bits per heavy atom. The number of hydrogen-bond donors (Lipinski definition) is 1. The largest absolute Gasteiger partial charge is 0.487 e. The van der Waals surface area contributed by atoms with Crippen molar-refractivity contribution in [2.24, 2.45) is 12.0 Å². The van der Waals surface area contributed by atoms with Crippen LogP contribution in [-0.4, -0.2) is 50.9 Å². The van der Waals surface area contributed by atoms with Crippen LogP contribution in [0.2, 0.25) is 5.02 Å². The summed E-state index contributed by atoms with van der Waals surface area (Å²) in [5.41, 5.74) is 0. The highest BCUT2D eigenvalue weighted by atomic mass is 35.5. The van der Waals surface area contributed by atoms with Crippen molar-refractivity contribution in [3.63, 3.8) is 0 Å². The van der Waals surface area contributed by atoms with E-state index in [1.165, 1.54) is 32.1 Å². The normalized spacial score (nSPS) is 20.6. The number of guanidine groups is 1. The van der Waals surface area contributed by atoms with Crippen molar-refractivity contribution in [1.82, 2.24) is 25.0 Å². The fraction of sp³-hybridized carbons (Fsp3) is 0.591. The number of halogens is 1. The molecule has 1 saturated carbocycles. The predicted molar refractivity (Wildman–Crippen MR) is 119 cm³/mol. The zero-order valence-corrected chi connectivity index (χ0v) is 18.6. The second kappa shape index (κ2) is 9.69. The zero-order chi connectivity index (χ0) is 20.9. The Hall–Kier alpha value is -2.28. The molecule has 0 spiro atoms. The zero-order valence-electron chi connectivity index (χ0n) is 17.9. The van der Waals surface area contributed by atoms with Crippen LogP contribution in [0.25, 0.3) is 0 Å².